The Morgan fingerprint density at radius 3 is 2.09 bits per heavy atom. The van der Waals surface area contributed by atoms with Crippen molar-refractivity contribution in [2.45, 2.75) is 24.5 Å². The fraction of sp³-hybridized carbons (Fsp3) is 0.345. The van der Waals surface area contributed by atoms with Gasteiger partial charge in [-0.25, -0.2) is 22.0 Å². The number of nitrogens with zero attached hydrogens (tertiary/aromatic N) is 1. The average molecular weight is 606 g/mol. The van der Waals surface area contributed by atoms with Crippen LogP contribution in [0.5, 0.6) is 5.75 Å². The number of aliphatic hydroxyl groups is 1. The summed E-state index contributed by atoms with van der Waals surface area (Å²) in [5.74, 6) is -23.6. The Hall–Kier alpha value is -4.30. The molecule has 0 radical (unpaired) electrons. The number of fused-ring (bicyclic) bond motifs is 3. The van der Waals surface area contributed by atoms with Gasteiger partial charge in [0.25, 0.3) is 0 Å². The zero-order chi connectivity index (χ0) is 31.9. The first-order valence-electron chi connectivity index (χ1n) is 12.9. The minimum Gasteiger partial charge on any atom is -0.507 e. The minimum atomic E-state index is -2.92. The third kappa shape index (κ3) is 4.14. The highest BCUT2D eigenvalue weighted by Crippen LogP contribution is 2.51. The molecule has 0 saturated heterocycles. The molecule has 1 amide bonds. The molecule has 43 heavy (non-hydrogen) atoms. The number of benzene rings is 2. The molecule has 3 aliphatic carbocycles. The van der Waals surface area contributed by atoms with Crippen molar-refractivity contribution in [1.82, 2.24) is 4.90 Å². The fourth-order valence-corrected chi connectivity index (χ4v) is 6.73. The molecular weight excluding hydrogens is 583 g/mol. The van der Waals surface area contributed by atoms with Gasteiger partial charge < -0.3 is 15.9 Å². The van der Waals surface area contributed by atoms with Crippen LogP contribution in [-0.2, 0) is 25.6 Å². The maximum absolute atomic E-state index is 14.3. The van der Waals surface area contributed by atoms with E-state index in [0.717, 1.165) is 12.1 Å². The molecule has 3 aliphatic rings. The van der Waals surface area contributed by atoms with Crippen LogP contribution >= 0.6 is 0 Å². The molecule has 0 aliphatic heterocycles. The average Bonchev–Trinajstić information content (AvgIpc) is 2.93. The first-order valence-corrected chi connectivity index (χ1v) is 12.9. The van der Waals surface area contributed by atoms with Crippen LogP contribution in [-0.4, -0.2) is 69.9 Å². The summed E-state index contributed by atoms with van der Waals surface area (Å²) in [4.78, 5) is 67.3. The van der Waals surface area contributed by atoms with Crippen molar-refractivity contribution in [3.05, 3.63) is 63.5 Å². The number of hydrogen-bond donors (Lipinski definition) is 3. The molecule has 2 fully saturated rings. The SMILES string of the molecule is CN(C)[C@H]1C(=O)C(C(N)=O)C(=O)[C@]2(O)C(=O)C3C(=O)c4c(O)ccc(/C=C/c5c(F)c(F)c(F)c(F)c5F)c4C[C@@H]3C[C@H]12. The second-order valence-corrected chi connectivity index (χ2v) is 11.1. The number of ketones is 4. The Morgan fingerprint density at radius 2 is 1.53 bits per heavy atom. The molecule has 9 nitrogen and oxygen atoms in total. The van der Waals surface area contributed by atoms with E-state index in [2.05, 4.69) is 0 Å². The number of nitrogens with two attached hydrogens (primary N) is 1. The fourth-order valence-electron chi connectivity index (χ4n) is 6.73. The van der Waals surface area contributed by atoms with E-state index in [1.165, 1.54) is 25.1 Å². The summed E-state index contributed by atoms with van der Waals surface area (Å²) in [5.41, 5.74) is 0.783. The molecule has 6 atom stereocenters. The van der Waals surface area contributed by atoms with Crippen LogP contribution in [0.3, 0.4) is 0 Å². The van der Waals surface area contributed by atoms with Crippen LogP contribution in [0.1, 0.15) is 33.5 Å². The maximum Gasteiger partial charge on any atom is 0.235 e. The van der Waals surface area contributed by atoms with Crippen LogP contribution in [0, 0.1) is 52.8 Å². The highest BCUT2D eigenvalue weighted by atomic mass is 19.2. The molecule has 2 saturated carbocycles. The predicted molar refractivity (Wildman–Crippen MR) is 137 cm³/mol. The summed E-state index contributed by atoms with van der Waals surface area (Å²) < 4.78 is 69.4. The highest BCUT2D eigenvalue weighted by molar-refractivity contribution is 6.32. The van der Waals surface area contributed by atoms with Crippen molar-refractivity contribution in [3.8, 4) is 5.75 Å². The van der Waals surface area contributed by atoms with E-state index in [9.17, 15) is 56.1 Å². The number of hydrogen-bond acceptors (Lipinski definition) is 8. The number of halogens is 5. The molecule has 0 heterocycles. The van der Waals surface area contributed by atoms with Crippen LogP contribution in [0.2, 0.25) is 0 Å². The van der Waals surface area contributed by atoms with E-state index in [4.69, 9.17) is 5.73 Å². The predicted octanol–water partition coefficient (Wildman–Crippen LogP) is 1.73. The second-order valence-electron chi connectivity index (χ2n) is 11.1. The third-order valence-corrected chi connectivity index (χ3v) is 8.65. The van der Waals surface area contributed by atoms with E-state index in [1.54, 1.807) is 0 Å². The second kappa shape index (κ2) is 10.2. The first-order chi connectivity index (χ1) is 20.0. The number of phenols is 1. The summed E-state index contributed by atoms with van der Waals surface area (Å²) in [6, 6.07) is 0.911. The normalized spacial score (nSPS) is 28.7. The standard InChI is InChI=1S/C29H23F5N2O7/c1-36(2)23-13-8-10-7-12-9(3-5-11-18(30)20(32)22(34)21(33)19(11)31)4-6-14(37)16(12)24(38)15(10)26(40)29(13,43)27(41)17(25(23)39)28(35)42/h3-6,10,13,15,17,23,37,43H,7-8H2,1-2H3,(H2,35,42)/b5-3+/t10-,13-,15?,17?,23-,29-/m1/s1. The van der Waals surface area contributed by atoms with Crippen molar-refractivity contribution in [2.75, 3.05) is 14.1 Å². The molecule has 0 aromatic heterocycles. The molecular formula is C29H23F5N2O7. The third-order valence-electron chi connectivity index (χ3n) is 8.65. The molecule has 2 aromatic carbocycles. The topological polar surface area (TPSA) is 155 Å². The van der Waals surface area contributed by atoms with E-state index in [-0.39, 0.29) is 24.0 Å². The number of carbonyl (C=O) groups excluding carboxylic acids is 5. The Morgan fingerprint density at radius 1 is 0.953 bits per heavy atom. The lowest BCUT2D eigenvalue weighted by molar-refractivity contribution is -0.181. The van der Waals surface area contributed by atoms with Crippen molar-refractivity contribution in [3.63, 3.8) is 0 Å². The number of carbonyl (C=O) groups is 5. The van der Waals surface area contributed by atoms with Crippen molar-refractivity contribution in [1.29, 1.82) is 0 Å². The number of likely N-dealkylation sites (N-methyl/N-ethyl adjacent to an activating group) is 1. The van der Waals surface area contributed by atoms with Gasteiger partial charge in [0.1, 0.15) is 5.75 Å². The zero-order valence-corrected chi connectivity index (χ0v) is 22.5. The summed E-state index contributed by atoms with van der Waals surface area (Å²) >= 11 is 0. The number of amides is 1. The summed E-state index contributed by atoms with van der Waals surface area (Å²) in [5, 5.41) is 22.1. The number of aromatic hydroxyl groups is 1. The van der Waals surface area contributed by atoms with Gasteiger partial charge in [-0.2, -0.15) is 0 Å². The summed E-state index contributed by atoms with van der Waals surface area (Å²) in [6.07, 6.45) is 1.14. The van der Waals surface area contributed by atoms with Gasteiger partial charge in [-0.1, -0.05) is 12.1 Å². The smallest absolute Gasteiger partial charge is 0.235 e. The monoisotopic (exact) mass is 606 g/mol. The number of Topliss-reactive ketones (excluding diaryl/α,β-unsaturated/α-hetero) is 4. The van der Waals surface area contributed by atoms with Gasteiger partial charge in [0.2, 0.25) is 11.7 Å². The van der Waals surface area contributed by atoms with Gasteiger partial charge in [0.15, 0.2) is 57.9 Å². The van der Waals surface area contributed by atoms with Gasteiger partial charge >= 0.3 is 0 Å². The van der Waals surface area contributed by atoms with Crippen molar-refractivity contribution >= 4 is 41.2 Å². The van der Waals surface area contributed by atoms with Gasteiger partial charge in [0, 0.05) is 5.92 Å². The quantitative estimate of drug-likeness (QED) is 0.156. The minimum absolute atomic E-state index is 0.0329. The van der Waals surface area contributed by atoms with Crippen LogP contribution in [0.15, 0.2) is 12.1 Å². The lowest BCUT2D eigenvalue weighted by atomic mass is 9.52. The van der Waals surface area contributed by atoms with E-state index in [0.29, 0.717) is 6.08 Å². The van der Waals surface area contributed by atoms with Gasteiger partial charge in [-0.3, -0.25) is 28.9 Å². The van der Waals surface area contributed by atoms with Gasteiger partial charge in [0.05, 0.1) is 23.1 Å². The molecule has 4 N–H and O–H groups in total. The molecule has 0 spiro atoms. The molecule has 2 unspecified atom stereocenters. The number of rotatable bonds is 4. The highest BCUT2D eigenvalue weighted by Gasteiger charge is 2.69. The molecule has 226 valence electrons. The maximum atomic E-state index is 14.3. The van der Waals surface area contributed by atoms with Crippen LogP contribution in [0.25, 0.3) is 12.2 Å². The molecule has 14 heteroatoms. The lowest BCUT2D eigenvalue weighted by Gasteiger charge is -2.52. The number of primary amides is 1. The summed E-state index contributed by atoms with van der Waals surface area (Å²) in [6.45, 7) is 0. The molecule has 5 rings (SSSR count). The van der Waals surface area contributed by atoms with Crippen LogP contribution < -0.4 is 5.73 Å². The Balaban J connectivity index is 1.62. The van der Waals surface area contributed by atoms with E-state index < -0.39 is 110 Å². The van der Waals surface area contributed by atoms with E-state index >= 15 is 0 Å². The largest absolute Gasteiger partial charge is 0.507 e. The molecule has 0 bridgehead atoms. The van der Waals surface area contributed by atoms with Crippen molar-refractivity contribution in [2.24, 2.45) is 29.4 Å². The molecule has 2 aromatic rings. The summed E-state index contributed by atoms with van der Waals surface area (Å²) in [7, 11) is 2.85. The van der Waals surface area contributed by atoms with Crippen LogP contribution in [0.4, 0.5) is 22.0 Å². The Bertz CT molecular complexity index is 1660. The number of phenolic OH excluding ortho intramolecular Hbond substituents is 1. The Labute approximate surface area is 239 Å². The van der Waals surface area contributed by atoms with Crippen molar-refractivity contribution < 1.29 is 56.1 Å². The zero-order valence-electron chi connectivity index (χ0n) is 22.5. The van der Waals surface area contributed by atoms with Gasteiger partial charge in [-0.15, -0.1) is 0 Å². The lowest BCUT2D eigenvalue weighted by Crippen LogP contribution is -2.74. The van der Waals surface area contributed by atoms with E-state index in [1.807, 2.05) is 0 Å². The first kappa shape index (κ1) is 30.2. The Kier molecular flexibility index (Phi) is 7.13. The van der Waals surface area contributed by atoms with Gasteiger partial charge in [-0.05, 0) is 56.1 Å².